The molecule has 1 amide bonds. The van der Waals surface area contributed by atoms with E-state index < -0.39 is 0 Å². The summed E-state index contributed by atoms with van der Waals surface area (Å²) in [5.41, 5.74) is 5.12. The Morgan fingerprint density at radius 1 is 1.26 bits per heavy atom. The number of amides is 1. The average Bonchev–Trinajstić information content (AvgIpc) is 3.04. The topological polar surface area (TPSA) is 63.8 Å². The van der Waals surface area contributed by atoms with Crippen LogP contribution in [0.25, 0.3) is 6.08 Å². The summed E-state index contributed by atoms with van der Waals surface area (Å²) in [6.07, 6.45) is 5.13. The molecule has 120 valence electrons. The van der Waals surface area contributed by atoms with Crippen LogP contribution in [0.1, 0.15) is 23.8 Å². The van der Waals surface area contributed by atoms with Gasteiger partial charge in [-0.1, -0.05) is 18.2 Å². The summed E-state index contributed by atoms with van der Waals surface area (Å²) in [5.74, 6) is 1.16. The number of furan rings is 1. The van der Waals surface area contributed by atoms with Crippen LogP contribution in [-0.4, -0.2) is 18.2 Å². The van der Waals surface area contributed by atoms with E-state index in [4.69, 9.17) is 9.15 Å². The Kier molecular flexibility index (Phi) is 5.74. The van der Waals surface area contributed by atoms with E-state index in [0.717, 1.165) is 22.6 Å². The number of allylic oxidation sites excluding steroid dienone is 1. The van der Waals surface area contributed by atoms with Crippen molar-refractivity contribution in [2.24, 2.45) is 5.10 Å². The van der Waals surface area contributed by atoms with Crippen LogP contribution in [0, 0.1) is 13.8 Å². The van der Waals surface area contributed by atoms with Gasteiger partial charge in [-0.2, -0.15) is 5.10 Å². The van der Waals surface area contributed by atoms with E-state index in [1.807, 2.05) is 38.1 Å². The minimum atomic E-state index is -0.307. The summed E-state index contributed by atoms with van der Waals surface area (Å²) in [5, 5.41) is 3.99. The molecule has 0 bridgehead atoms. The Balaban J connectivity index is 1.84. The Bertz CT molecular complexity index is 696. The largest absolute Gasteiger partial charge is 0.483 e. The van der Waals surface area contributed by atoms with E-state index in [2.05, 4.69) is 10.5 Å². The van der Waals surface area contributed by atoms with Gasteiger partial charge in [0.05, 0.1) is 12.0 Å². The van der Waals surface area contributed by atoms with Crippen LogP contribution in [0.3, 0.4) is 0 Å². The molecule has 0 saturated heterocycles. The minimum Gasteiger partial charge on any atom is -0.483 e. The van der Waals surface area contributed by atoms with Gasteiger partial charge < -0.3 is 9.15 Å². The van der Waals surface area contributed by atoms with Gasteiger partial charge in [-0.3, -0.25) is 4.79 Å². The summed E-state index contributed by atoms with van der Waals surface area (Å²) >= 11 is 0. The third-order valence-corrected chi connectivity index (χ3v) is 3.15. The first kappa shape index (κ1) is 16.5. The molecule has 0 radical (unpaired) electrons. The second-order valence-electron chi connectivity index (χ2n) is 5.15. The Morgan fingerprint density at radius 2 is 2.00 bits per heavy atom. The number of nitrogens with one attached hydrogen (secondary N) is 1. The number of ether oxygens (including phenoxy) is 1. The van der Waals surface area contributed by atoms with Crippen molar-refractivity contribution in [1.29, 1.82) is 0 Å². The highest BCUT2D eigenvalue weighted by Gasteiger charge is 2.06. The summed E-state index contributed by atoms with van der Waals surface area (Å²) in [6, 6.07) is 9.49. The first-order valence-electron chi connectivity index (χ1n) is 7.30. The third-order valence-electron chi connectivity index (χ3n) is 3.15. The SMILES string of the molecule is CC(/C=C/c1ccco1)=N\NC(=O)COc1c(C)cccc1C. The molecule has 0 spiro atoms. The second-order valence-corrected chi connectivity index (χ2v) is 5.15. The molecule has 0 aliphatic rings. The Morgan fingerprint density at radius 3 is 2.65 bits per heavy atom. The molecule has 0 saturated carbocycles. The number of aryl methyl sites for hydroxylation is 2. The molecule has 1 N–H and O–H groups in total. The van der Waals surface area contributed by atoms with Gasteiger partial charge in [0.15, 0.2) is 6.61 Å². The van der Waals surface area contributed by atoms with Crippen LogP contribution in [0.15, 0.2) is 52.2 Å². The molecule has 2 aromatic rings. The predicted molar refractivity (Wildman–Crippen MR) is 90.4 cm³/mol. The van der Waals surface area contributed by atoms with Gasteiger partial charge in [0, 0.05) is 0 Å². The molecule has 0 fully saturated rings. The van der Waals surface area contributed by atoms with Gasteiger partial charge in [-0.15, -0.1) is 0 Å². The van der Waals surface area contributed by atoms with Crippen LogP contribution < -0.4 is 10.2 Å². The summed E-state index contributed by atoms with van der Waals surface area (Å²) in [4.78, 5) is 11.8. The lowest BCUT2D eigenvalue weighted by Gasteiger charge is -2.10. The zero-order chi connectivity index (χ0) is 16.7. The van der Waals surface area contributed by atoms with Gasteiger partial charge in [0.2, 0.25) is 0 Å². The summed E-state index contributed by atoms with van der Waals surface area (Å²) < 4.78 is 10.7. The fraction of sp³-hybridized carbons (Fsp3) is 0.222. The lowest BCUT2D eigenvalue weighted by molar-refractivity contribution is -0.123. The molecule has 2 rings (SSSR count). The smallest absolute Gasteiger partial charge is 0.277 e. The molecule has 1 heterocycles. The van der Waals surface area contributed by atoms with Gasteiger partial charge in [-0.05, 0) is 56.2 Å². The first-order valence-corrected chi connectivity index (χ1v) is 7.30. The van der Waals surface area contributed by atoms with Crippen LogP contribution in [0.2, 0.25) is 0 Å². The van der Waals surface area contributed by atoms with Crippen molar-refractivity contribution in [1.82, 2.24) is 5.43 Å². The predicted octanol–water partition coefficient (Wildman–Crippen LogP) is 3.48. The molecule has 0 unspecified atom stereocenters. The molecule has 23 heavy (non-hydrogen) atoms. The first-order chi connectivity index (χ1) is 11.1. The molecule has 5 heteroatoms. The highest BCUT2D eigenvalue weighted by atomic mass is 16.5. The van der Waals surface area contributed by atoms with Crippen molar-refractivity contribution in [2.75, 3.05) is 6.61 Å². The van der Waals surface area contributed by atoms with Gasteiger partial charge in [-0.25, -0.2) is 5.43 Å². The maximum atomic E-state index is 11.8. The van der Waals surface area contributed by atoms with E-state index in [-0.39, 0.29) is 12.5 Å². The lowest BCUT2D eigenvalue weighted by atomic mass is 10.1. The van der Waals surface area contributed by atoms with Crippen molar-refractivity contribution in [3.63, 3.8) is 0 Å². The fourth-order valence-corrected chi connectivity index (χ4v) is 1.97. The third kappa shape index (κ3) is 5.14. The van der Waals surface area contributed by atoms with Crippen LogP contribution >= 0.6 is 0 Å². The van der Waals surface area contributed by atoms with E-state index in [9.17, 15) is 4.79 Å². The number of hydrazone groups is 1. The maximum Gasteiger partial charge on any atom is 0.277 e. The average molecular weight is 312 g/mol. The number of para-hydroxylation sites is 1. The molecule has 1 aromatic heterocycles. The van der Waals surface area contributed by atoms with E-state index in [1.165, 1.54) is 0 Å². The molecular formula is C18H20N2O3. The molecule has 0 aliphatic heterocycles. The number of hydrogen-bond donors (Lipinski definition) is 1. The van der Waals surface area contributed by atoms with Crippen LogP contribution in [0.5, 0.6) is 5.75 Å². The van der Waals surface area contributed by atoms with Crippen molar-refractivity contribution in [3.05, 3.63) is 59.6 Å². The van der Waals surface area contributed by atoms with Crippen molar-refractivity contribution < 1.29 is 13.9 Å². The molecule has 5 nitrogen and oxygen atoms in total. The number of carbonyl (C=O) groups is 1. The second kappa shape index (κ2) is 7.98. The molecular weight excluding hydrogens is 292 g/mol. The standard InChI is InChI=1S/C18H20N2O3/c1-13-6-4-7-14(2)18(13)23-12-17(21)20-19-15(3)9-10-16-8-5-11-22-16/h4-11H,12H2,1-3H3,(H,20,21)/b10-9+,19-15+. The Labute approximate surface area is 135 Å². The number of rotatable bonds is 6. The summed E-state index contributed by atoms with van der Waals surface area (Å²) in [7, 11) is 0. The van der Waals surface area contributed by atoms with Crippen molar-refractivity contribution >= 4 is 17.7 Å². The van der Waals surface area contributed by atoms with Crippen molar-refractivity contribution in [2.45, 2.75) is 20.8 Å². The van der Waals surface area contributed by atoms with Crippen LogP contribution in [0.4, 0.5) is 0 Å². The van der Waals surface area contributed by atoms with Gasteiger partial charge in [0.1, 0.15) is 11.5 Å². The number of nitrogens with zero attached hydrogens (tertiary/aromatic N) is 1. The fourth-order valence-electron chi connectivity index (χ4n) is 1.97. The Hall–Kier alpha value is -2.82. The molecule has 0 atom stereocenters. The zero-order valence-corrected chi connectivity index (χ0v) is 13.5. The minimum absolute atomic E-state index is 0.0790. The highest BCUT2D eigenvalue weighted by Crippen LogP contribution is 2.21. The number of carbonyl (C=O) groups excluding carboxylic acids is 1. The van der Waals surface area contributed by atoms with E-state index >= 15 is 0 Å². The quantitative estimate of drug-likeness (QED) is 0.656. The van der Waals surface area contributed by atoms with Gasteiger partial charge in [0.25, 0.3) is 5.91 Å². The van der Waals surface area contributed by atoms with Crippen molar-refractivity contribution in [3.8, 4) is 5.75 Å². The lowest BCUT2D eigenvalue weighted by Crippen LogP contribution is -2.25. The number of benzene rings is 1. The molecule has 1 aromatic carbocycles. The monoisotopic (exact) mass is 312 g/mol. The van der Waals surface area contributed by atoms with E-state index in [1.54, 1.807) is 31.4 Å². The number of hydrogen-bond acceptors (Lipinski definition) is 4. The van der Waals surface area contributed by atoms with Gasteiger partial charge >= 0.3 is 0 Å². The normalized spacial score (nSPS) is 11.7. The molecule has 0 aliphatic carbocycles. The van der Waals surface area contributed by atoms with Crippen LogP contribution in [-0.2, 0) is 4.79 Å². The van der Waals surface area contributed by atoms with E-state index in [0.29, 0.717) is 5.71 Å². The zero-order valence-electron chi connectivity index (χ0n) is 13.5. The summed E-state index contributed by atoms with van der Waals surface area (Å²) in [6.45, 7) is 5.60. The maximum absolute atomic E-state index is 11.8. The highest BCUT2D eigenvalue weighted by molar-refractivity contribution is 5.96.